The molecule has 106 valence electrons. The summed E-state index contributed by atoms with van der Waals surface area (Å²) in [7, 11) is 0. The molecular formula is C18H20BrF. The molecule has 0 aliphatic carbocycles. The Balaban J connectivity index is 2.22. The Labute approximate surface area is 129 Å². The van der Waals surface area contributed by atoms with Crippen molar-refractivity contribution in [3.05, 3.63) is 70.5 Å². The van der Waals surface area contributed by atoms with Crippen LogP contribution in [0.2, 0.25) is 0 Å². The van der Waals surface area contributed by atoms with Crippen LogP contribution in [0, 0.1) is 18.7 Å². The van der Waals surface area contributed by atoms with Crippen molar-refractivity contribution < 1.29 is 4.39 Å². The number of halogens is 2. The first-order valence-corrected chi connectivity index (χ1v) is 7.87. The Bertz CT molecular complexity index is 552. The van der Waals surface area contributed by atoms with Crippen molar-refractivity contribution in [3.8, 4) is 0 Å². The van der Waals surface area contributed by atoms with Crippen LogP contribution in [0.5, 0.6) is 0 Å². The zero-order valence-electron chi connectivity index (χ0n) is 12.2. The van der Waals surface area contributed by atoms with E-state index < -0.39 is 0 Å². The largest absolute Gasteiger partial charge is 0.207 e. The molecule has 2 heteroatoms. The molecular weight excluding hydrogens is 315 g/mol. The second-order valence-electron chi connectivity index (χ2n) is 5.76. The zero-order chi connectivity index (χ0) is 14.7. The molecule has 0 saturated carbocycles. The minimum atomic E-state index is -0.180. The molecule has 0 aliphatic heterocycles. The maximum absolute atomic E-state index is 13.5. The van der Waals surface area contributed by atoms with Crippen LogP contribution in [0.3, 0.4) is 0 Å². The molecule has 0 radical (unpaired) electrons. The van der Waals surface area contributed by atoms with Crippen LogP contribution in [0.4, 0.5) is 4.39 Å². The first kappa shape index (κ1) is 15.2. The summed E-state index contributed by atoms with van der Waals surface area (Å²) in [5, 5.41) is 0. The van der Waals surface area contributed by atoms with Crippen molar-refractivity contribution in [1.82, 2.24) is 0 Å². The predicted molar refractivity (Wildman–Crippen MR) is 86.9 cm³/mol. The Morgan fingerprint density at radius 1 is 1.00 bits per heavy atom. The lowest BCUT2D eigenvalue weighted by molar-refractivity contribution is 0.624. The molecule has 0 aromatic heterocycles. The van der Waals surface area contributed by atoms with Gasteiger partial charge in [-0.05, 0) is 53.6 Å². The molecule has 0 saturated heterocycles. The number of hydrogen-bond donors (Lipinski definition) is 0. The van der Waals surface area contributed by atoms with Gasteiger partial charge in [0.25, 0.3) is 0 Å². The average Bonchev–Trinajstić information content (AvgIpc) is 2.37. The van der Waals surface area contributed by atoms with Gasteiger partial charge in [0.05, 0.1) is 4.83 Å². The number of rotatable bonds is 4. The fourth-order valence-electron chi connectivity index (χ4n) is 2.40. The lowest BCUT2D eigenvalue weighted by Crippen LogP contribution is -1.97. The van der Waals surface area contributed by atoms with Crippen LogP contribution in [-0.2, 0) is 6.42 Å². The van der Waals surface area contributed by atoms with Gasteiger partial charge in [-0.25, -0.2) is 4.39 Å². The fourth-order valence-corrected chi connectivity index (χ4v) is 2.97. The lowest BCUT2D eigenvalue weighted by atomic mass is 9.98. The Hall–Kier alpha value is -1.15. The van der Waals surface area contributed by atoms with E-state index in [0.717, 1.165) is 23.1 Å². The van der Waals surface area contributed by atoms with Gasteiger partial charge in [0, 0.05) is 0 Å². The van der Waals surface area contributed by atoms with Crippen molar-refractivity contribution >= 4 is 15.9 Å². The highest BCUT2D eigenvalue weighted by atomic mass is 79.9. The monoisotopic (exact) mass is 334 g/mol. The van der Waals surface area contributed by atoms with Crippen molar-refractivity contribution in [2.75, 3.05) is 0 Å². The maximum atomic E-state index is 13.5. The van der Waals surface area contributed by atoms with E-state index >= 15 is 0 Å². The van der Waals surface area contributed by atoms with Crippen LogP contribution in [0.25, 0.3) is 0 Å². The zero-order valence-corrected chi connectivity index (χ0v) is 13.7. The van der Waals surface area contributed by atoms with E-state index in [1.807, 2.05) is 13.0 Å². The summed E-state index contributed by atoms with van der Waals surface area (Å²) in [5.74, 6) is 0.479. The molecule has 0 nitrogen and oxygen atoms in total. The van der Waals surface area contributed by atoms with E-state index in [9.17, 15) is 4.39 Å². The van der Waals surface area contributed by atoms with E-state index in [0.29, 0.717) is 5.92 Å². The fraction of sp³-hybridized carbons (Fsp3) is 0.333. The van der Waals surface area contributed by atoms with Crippen LogP contribution >= 0.6 is 15.9 Å². The summed E-state index contributed by atoms with van der Waals surface area (Å²) in [6.07, 6.45) is 1.09. The number of alkyl halides is 1. The van der Waals surface area contributed by atoms with Gasteiger partial charge in [-0.1, -0.05) is 60.1 Å². The van der Waals surface area contributed by atoms with Gasteiger partial charge >= 0.3 is 0 Å². The van der Waals surface area contributed by atoms with E-state index in [4.69, 9.17) is 0 Å². The van der Waals surface area contributed by atoms with Gasteiger partial charge in [0.2, 0.25) is 0 Å². The quantitative estimate of drug-likeness (QED) is 0.618. The summed E-state index contributed by atoms with van der Waals surface area (Å²) >= 11 is 3.67. The SMILES string of the molecule is Cc1cc(F)cc(C(Br)c2ccc(CC(C)C)cc2)c1. The van der Waals surface area contributed by atoms with E-state index in [1.165, 1.54) is 5.56 Å². The van der Waals surface area contributed by atoms with Gasteiger partial charge in [0.15, 0.2) is 0 Å². The van der Waals surface area contributed by atoms with Gasteiger partial charge in [0.1, 0.15) is 5.82 Å². The van der Waals surface area contributed by atoms with Crippen LogP contribution in [0.15, 0.2) is 42.5 Å². The summed E-state index contributed by atoms with van der Waals surface area (Å²) in [6.45, 7) is 6.35. The molecule has 2 aromatic rings. The van der Waals surface area contributed by atoms with Crippen LogP contribution < -0.4 is 0 Å². The second-order valence-corrected chi connectivity index (χ2v) is 6.68. The van der Waals surface area contributed by atoms with Gasteiger partial charge in [-0.2, -0.15) is 0 Å². The summed E-state index contributed by atoms with van der Waals surface area (Å²) in [5.41, 5.74) is 4.40. The van der Waals surface area contributed by atoms with Crippen molar-refractivity contribution in [3.63, 3.8) is 0 Å². The molecule has 0 fully saturated rings. The average molecular weight is 335 g/mol. The van der Waals surface area contributed by atoms with Gasteiger partial charge in [-0.3, -0.25) is 0 Å². The van der Waals surface area contributed by atoms with Gasteiger partial charge in [-0.15, -0.1) is 0 Å². The Kier molecular flexibility index (Phi) is 4.98. The first-order chi connectivity index (χ1) is 9.45. The Morgan fingerprint density at radius 2 is 1.65 bits per heavy atom. The summed E-state index contributed by atoms with van der Waals surface area (Å²) in [6, 6.07) is 13.7. The number of benzene rings is 2. The highest BCUT2D eigenvalue weighted by molar-refractivity contribution is 9.09. The molecule has 0 amide bonds. The number of aryl methyl sites for hydroxylation is 1. The molecule has 0 N–H and O–H groups in total. The molecule has 1 unspecified atom stereocenters. The smallest absolute Gasteiger partial charge is 0.123 e. The highest BCUT2D eigenvalue weighted by Crippen LogP contribution is 2.32. The van der Waals surface area contributed by atoms with Crippen molar-refractivity contribution in [2.45, 2.75) is 32.0 Å². The summed E-state index contributed by atoms with van der Waals surface area (Å²) in [4.78, 5) is 0.0324. The molecule has 0 bridgehead atoms. The number of hydrogen-bond acceptors (Lipinski definition) is 0. The third-order valence-corrected chi connectivity index (χ3v) is 4.33. The highest BCUT2D eigenvalue weighted by Gasteiger charge is 2.12. The van der Waals surface area contributed by atoms with Gasteiger partial charge < -0.3 is 0 Å². The first-order valence-electron chi connectivity index (χ1n) is 6.95. The van der Waals surface area contributed by atoms with Crippen molar-refractivity contribution in [1.29, 1.82) is 0 Å². The minimum absolute atomic E-state index is 0.0324. The Morgan fingerprint density at radius 3 is 2.20 bits per heavy atom. The second kappa shape index (κ2) is 6.53. The van der Waals surface area contributed by atoms with Crippen molar-refractivity contribution in [2.24, 2.45) is 5.92 Å². The molecule has 2 aromatic carbocycles. The molecule has 2 rings (SSSR count). The van der Waals surface area contributed by atoms with E-state index in [1.54, 1.807) is 12.1 Å². The molecule has 20 heavy (non-hydrogen) atoms. The summed E-state index contributed by atoms with van der Waals surface area (Å²) < 4.78 is 13.5. The molecule has 1 atom stereocenters. The topological polar surface area (TPSA) is 0 Å². The third-order valence-electron chi connectivity index (χ3n) is 3.27. The minimum Gasteiger partial charge on any atom is -0.207 e. The third kappa shape index (κ3) is 3.92. The molecule has 0 heterocycles. The van der Waals surface area contributed by atoms with E-state index in [2.05, 4.69) is 54.0 Å². The lowest BCUT2D eigenvalue weighted by Gasteiger charge is -2.13. The normalized spacial score (nSPS) is 12.7. The van der Waals surface area contributed by atoms with Crippen LogP contribution in [-0.4, -0.2) is 0 Å². The van der Waals surface area contributed by atoms with Crippen LogP contribution in [0.1, 0.15) is 40.9 Å². The maximum Gasteiger partial charge on any atom is 0.123 e. The predicted octanol–water partition coefficient (Wildman–Crippen LogP) is 5.82. The molecule has 0 aliphatic rings. The van der Waals surface area contributed by atoms with E-state index in [-0.39, 0.29) is 10.6 Å². The molecule has 0 spiro atoms. The standard InChI is InChI=1S/C18H20BrF/c1-12(2)8-14-4-6-15(7-5-14)18(19)16-9-13(3)10-17(20)11-16/h4-7,9-12,18H,8H2,1-3H3.